The van der Waals surface area contributed by atoms with Gasteiger partial charge in [0.2, 0.25) is 0 Å². The highest BCUT2D eigenvalue weighted by Crippen LogP contribution is 2.43. The van der Waals surface area contributed by atoms with Crippen molar-refractivity contribution in [2.45, 2.75) is 25.6 Å². The summed E-state index contributed by atoms with van der Waals surface area (Å²) in [6, 6.07) is 5.83. The monoisotopic (exact) mass is 190 g/mol. The van der Waals surface area contributed by atoms with Crippen molar-refractivity contribution in [2.24, 2.45) is 0 Å². The van der Waals surface area contributed by atoms with Gasteiger partial charge in [-0.25, -0.2) is 4.79 Å². The number of rotatable bonds is 0. The third-order valence-corrected chi connectivity index (χ3v) is 2.82. The molecule has 2 aliphatic heterocycles. The fourth-order valence-electron chi connectivity index (χ4n) is 2.15. The van der Waals surface area contributed by atoms with Gasteiger partial charge in [0.15, 0.2) is 6.10 Å². The van der Waals surface area contributed by atoms with Crippen LogP contribution in [-0.4, -0.2) is 12.1 Å². The van der Waals surface area contributed by atoms with Crippen LogP contribution in [0, 0.1) is 6.92 Å². The van der Waals surface area contributed by atoms with Gasteiger partial charge in [-0.15, -0.1) is 0 Å². The lowest BCUT2D eigenvalue weighted by atomic mass is 9.97. The number of carbonyl (C=O) groups excluding carboxylic acids is 1. The Balaban J connectivity index is 2.17. The van der Waals surface area contributed by atoms with Crippen LogP contribution in [0.15, 0.2) is 18.2 Å². The van der Waals surface area contributed by atoms with Crippen molar-refractivity contribution in [3.8, 4) is 5.75 Å². The van der Waals surface area contributed by atoms with E-state index in [2.05, 4.69) is 0 Å². The van der Waals surface area contributed by atoms with Crippen molar-refractivity contribution in [1.29, 1.82) is 0 Å². The number of ether oxygens (including phenoxy) is 2. The van der Waals surface area contributed by atoms with Crippen LogP contribution in [0.3, 0.4) is 0 Å². The first-order valence-corrected chi connectivity index (χ1v) is 4.72. The number of carbonyl (C=O) groups is 1. The summed E-state index contributed by atoms with van der Waals surface area (Å²) in [6.45, 7) is 2.01. The summed E-state index contributed by atoms with van der Waals surface area (Å²) in [7, 11) is 0. The minimum atomic E-state index is -0.380. The summed E-state index contributed by atoms with van der Waals surface area (Å²) in [5.41, 5.74) is 2.16. The van der Waals surface area contributed by atoms with Gasteiger partial charge in [-0.1, -0.05) is 12.1 Å². The van der Waals surface area contributed by atoms with Gasteiger partial charge in [0.05, 0.1) is 0 Å². The van der Waals surface area contributed by atoms with Crippen molar-refractivity contribution in [1.82, 2.24) is 0 Å². The Morgan fingerprint density at radius 3 is 3.00 bits per heavy atom. The van der Waals surface area contributed by atoms with E-state index in [4.69, 9.17) is 9.47 Å². The van der Waals surface area contributed by atoms with Crippen LogP contribution in [0.1, 0.15) is 23.7 Å². The molecule has 3 nitrogen and oxygen atoms in total. The maximum absolute atomic E-state index is 11.3. The normalized spacial score (nSPS) is 27.9. The van der Waals surface area contributed by atoms with E-state index >= 15 is 0 Å². The molecule has 1 saturated heterocycles. The summed E-state index contributed by atoms with van der Waals surface area (Å²) in [6.07, 6.45) is 0.197. The van der Waals surface area contributed by atoms with E-state index in [0.29, 0.717) is 6.42 Å². The van der Waals surface area contributed by atoms with Gasteiger partial charge in [0, 0.05) is 12.0 Å². The van der Waals surface area contributed by atoms with E-state index in [1.165, 1.54) is 0 Å². The van der Waals surface area contributed by atoms with Gasteiger partial charge >= 0.3 is 5.97 Å². The zero-order valence-corrected chi connectivity index (χ0v) is 7.82. The topological polar surface area (TPSA) is 35.5 Å². The molecule has 1 aromatic rings. The Kier molecular flexibility index (Phi) is 1.40. The molecule has 2 unspecified atom stereocenters. The zero-order valence-electron chi connectivity index (χ0n) is 7.82. The molecule has 1 fully saturated rings. The second-order valence-electron chi connectivity index (χ2n) is 3.75. The average Bonchev–Trinajstić information content (AvgIpc) is 2.43. The predicted octanol–water partition coefficient (Wildman–Crippen LogP) is 1.74. The summed E-state index contributed by atoms with van der Waals surface area (Å²) >= 11 is 0. The fourth-order valence-corrected chi connectivity index (χ4v) is 2.15. The molecule has 2 aliphatic rings. The molecule has 3 rings (SSSR count). The zero-order chi connectivity index (χ0) is 9.71. The number of benzene rings is 1. The second kappa shape index (κ2) is 2.50. The molecular weight excluding hydrogens is 180 g/mol. The minimum absolute atomic E-state index is 0.0857. The molecule has 0 radical (unpaired) electrons. The van der Waals surface area contributed by atoms with Crippen LogP contribution in [0.5, 0.6) is 5.75 Å². The third kappa shape index (κ3) is 0.895. The molecule has 2 heterocycles. The van der Waals surface area contributed by atoms with Crippen LogP contribution >= 0.6 is 0 Å². The van der Waals surface area contributed by atoms with Crippen molar-refractivity contribution in [2.75, 3.05) is 0 Å². The summed E-state index contributed by atoms with van der Waals surface area (Å²) in [5, 5.41) is 0. The van der Waals surface area contributed by atoms with Crippen LogP contribution in [-0.2, 0) is 9.53 Å². The molecule has 3 heteroatoms. The smallest absolute Gasteiger partial charge is 0.348 e. The van der Waals surface area contributed by atoms with Gasteiger partial charge in [-0.05, 0) is 18.6 Å². The number of aryl methyl sites for hydroxylation is 1. The Morgan fingerprint density at radius 2 is 2.14 bits per heavy atom. The first-order valence-electron chi connectivity index (χ1n) is 4.72. The molecule has 0 spiro atoms. The van der Waals surface area contributed by atoms with E-state index < -0.39 is 0 Å². The lowest BCUT2D eigenvalue weighted by molar-refractivity contribution is -0.145. The third-order valence-electron chi connectivity index (χ3n) is 2.82. The first kappa shape index (κ1) is 7.85. The molecule has 0 saturated carbocycles. The summed E-state index contributed by atoms with van der Waals surface area (Å²) in [4.78, 5) is 11.3. The largest absolute Gasteiger partial charge is 0.478 e. The highest BCUT2D eigenvalue weighted by Gasteiger charge is 2.43. The van der Waals surface area contributed by atoms with Crippen LogP contribution < -0.4 is 4.74 Å². The summed E-state index contributed by atoms with van der Waals surface area (Å²) < 4.78 is 10.8. The Labute approximate surface area is 81.6 Å². The Morgan fingerprint density at radius 1 is 1.29 bits per heavy atom. The molecule has 72 valence electrons. The molecule has 0 aromatic heterocycles. The quantitative estimate of drug-likeness (QED) is 0.584. The van der Waals surface area contributed by atoms with E-state index in [-0.39, 0.29) is 18.2 Å². The van der Waals surface area contributed by atoms with E-state index in [9.17, 15) is 4.79 Å². The highest BCUT2D eigenvalue weighted by atomic mass is 16.6. The molecule has 0 N–H and O–H groups in total. The lowest BCUT2D eigenvalue weighted by Crippen LogP contribution is -2.23. The number of hydrogen-bond acceptors (Lipinski definition) is 3. The standard InChI is InChI=1S/C11H10O3/c1-6-3-2-4-7-10(6)8-5-9(13-7)11(12)14-8/h2-4,8-9H,5H2,1H3. The van der Waals surface area contributed by atoms with Gasteiger partial charge < -0.3 is 9.47 Å². The van der Waals surface area contributed by atoms with Crippen molar-refractivity contribution in [3.63, 3.8) is 0 Å². The van der Waals surface area contributed by atoms with Crippen LogP contribution in [0.4, 0.5) is 0 Å². The summed E-state index contributed by atoms with van der Waals surface area (Å²) in [5.74, 6) is 0.572. The van der Waals surface area contributed by atoms with E-state index in [1.54, 1.807) is 0 Å². The predicted molar refractivity (Wildman–Crippen MR) is 49.0 cm³/mol. The molecule has 0 amide bonds. The van der Waals surface area contributed by atoms with E-state index in [0.717, 1.165) is 16.9 Å². The maximum atomic E-state index is 11.3. The van der Waals surface area contributed by atoms with Crippen LogP contribution in [0.25, 0.3) is 0 Å². The lowest BCUT2D eigenvalue weighted by Gasteiger charge is -2.21. The van der Waals surface area contributed by atoms with Gasteiger partial charge in [0.25, 0.3) is 0 Å². The number of esters is 1. The van der Waals surface area contributed by atoms with Gasteiger partial charge in [0.1, 0.15) is 11.9 Å². The van der Waals surface area contributed by atoms with Crippen LogP contribution in [0.2, 0.25) is 0 Å². The SMILES string of the molecule is Cc1cccc2c1C1CC(O2)C(=O)O1. The van der Waals surface area contributed by atoms with Crippen molar-refractivity contribution in [3.05, 3.63) is 29.3 Å². The second-order valence-corrected chi connectivity index (χ2v) is 3.75. The van der Waals surface area contributed by atoms with Gasteiger partial charge in [-0.3, -0.25) is 0 Å². The maximum Gasteiger partial charge on any atom is 0.348 e. The number of fused-ring (bicyclic) bond motifs is 4. The average molecular weight is 190 g/mol. The highest BCUT2D eigenvalue weighted by molar-refractivity contribution is 5.79. The molecule has 2 atom stereocenters. The van der Waals surface area contributed by atoms with Crippen molar-refractivity contribution < 1.29 is 14.3 Å². The molecule has 0 aliphatic carbocycles. The number of hydrogen-bond donors (Lipinski definition) is 0. The van der Waals surface area contributed by atoms with Gasteiger partial charge in [-0.2, -0.15) is 0 Å². The minimum Gasteiger partial charge on any atom is -0.478 e. The first-order chi connectivity index (χ1) is 6.75. The molecule has 2 bridgehead atoms. The Bertz CT molecular complexity index is 411. The van der Waals surface area contributed by atoms with E-state index in [1.807, 2.05) is 25.1 Å². The van der Waals surface area contributed by atoms with Crippen molar-refractivity contribution >= 4 is 5.97 Å². The fraction of sp³-hybridized carbons (Fsp3) is 0.364. The molecular formula is C11H10O3. The molecule has 14 heavy (non-hydrogen) atoms. The molecule has 1 aromatic carbocycles. The Hall–Kier alpha value is -1.51.